The average Bonchev–Trinajstić information content (AvgIpc) is 3.09. The Morgan fingerprint density at radius 2 is 2.28 bits per heavy atom. The van der Waals surface area contributed by atoms with Gasteiger partial charge in [-0.3, -0.25) is 14.4 Å². The molecule has 25 heavy (non-hydrogen) atoms. The lowest BCUT2D eigenvalue weighted by Crippen LogP contribution is -2.35. The van der Waals surface area contributed by atoms with Gasteiger partial charge in [0.25, 0.3) is 11.8 Å². The average molecular weight is 344 g/mol. The molecule has 130 valence electrons. The number of amides is 2. The number of primary amides is 1. The summed E-state index contributed by atoms with van der Waals surface area (Å²) >= 11 is 0. The van der Waals surface area contributed by atoms with Crippen LogP contribution >= 0.6 is 0 Å². The fourth-order valence-electron chi connectivity index (χ4n) is 2.48. The molecular formula is C16H16N4O5. The molecule has 1 aliphatic rings. The molecule has 0 saturated carbocycles. The van der Waals surface area contributed by atoms with Crippen molar-refractivity contribution in [2.24, 2.45) is 10.9 Å². The number of nitrogens with two attached hydrogens (primary N) is 1. The van der Waals surface area contributed by atoms with E-state index in [0.29, 0.717) is 16.7 Å². The minimum absolute atomic E-state index is 0.0326. The van der Waals surface area contributed by atoms with Crippen molar-refractivity contribution in [2.45, 2.75) is 12.5 Å². The molecule has 2 heterocycles. The molecule has 3 rings (SSSR count). The van der Waals surface area contributed by atoms with Crippen LogP contribution in [0.4, 0.5) is 0 Å². The zero-order valence-electron chi connectivity index (χ0n) is 13.4. The minimum atomic E-state index is -0.659. The maximum absolute atomic E-state index is 12.5. The highest BCUT2D eigenvalue weighted by molar-refractivity contribution is 6.38. The highest BCUT2D eigenvalue weighted by atomic mass is 16.6. The molecule has 1 atom stereocenters. The number of fused-ring (bicyclic) bond motifs is 1. The van der Waals surface area contributed by atoms with Crippen LogP contribution in [0.3, 0.4) is 0 Å². The second-order valence-corrected chi connectivity index (χ2v) is 5.49. The van der Waals surface area contributed by atoms with Crippen LogP contribution in [0.15, 0.2) is 34.3 Å². The van der Waals surface area contributed by atoms with Crippen LogP contribution in [-0.4, -0.2) is 42.3 Å². The van der Waals surface area contributed by atoms with Crippen LogP contribution in [0, 0.1) is 0 Å². The zero-order chi connectivity index (χ0) is 18.0. The van der Waals surface area contributed by atoms with E-state index in [-0.39, 0.29) is 24.2 Å². The monoisotopic (exact) mass is 344 g/mol. The SMILES string of the molecule is COc1ccc2[nH]cc(C(=O)NCC3CC(C(N)=O)=NO3)c(=O)c2c1. The Morgan fingerprint density at radius 1 is 1.48 bits per heavy atom. The van der Waals surface area contributed by atoms with Crippen molar-refractivity contribution in [3.63, 3.8) is 0 Å². The number of carbonyl (C=O) groups excluding carboxylic acids is 2. The molecule has 4 N–H and O–H groups in total. The van der Waals surface area contributed by atoms with Crippen LogP contribution in [0.1, 0.15) is 16.8 Å². The summed E-state index contributed by atoms with van der Waals surface area (Å²) in [5.74, 6) is -0.693. The van der Waals surface area contributed by atoms with Crippen molar-refractivity contribution >= 4 is 28.4 Å². The van der Waals surface area contributed by atoms with E-state index < -0.39 is 23.3 Å². The lowest BCUT2D eigenvalue weighted by atomic mass is 10.1. The Kier molecular flexibility index (Phi) is 4.38. The van der Waals surface area contributed by atoms with Crippen LogP contribution in [0.5, 0.6) is 5.75 Å². The third-order valence-electron chi connectivity index (χ3n) is 3.84. The maximum Gasteiger partial charge on any atom is 0.266 e. The first-order valence-corrected chi connectivity index (χ1v) is 7.49. The summed E-state index contributed by atoms with van der Waals surface area (Å²) < 4.78 is 5.10. The van der Waals surface area contributed by atoms with Gasteiger partial charge in [-0.05, 0) is 18.2 Å². The predicted molar refractivity (Wildman–Crippen MR) is 89.6 cm³/mol. The largest absolute Gasteiger partial charge is 0.497 e. The maximum atomic E-state index is 12.5. The van der Waals surface area contributed by atoms with Crippen LogP contribution < -0.4 is 21.2 Å². The van der Waals surface area contributed by atoms with Crippen LogP contribution in [0.2, 0.25) is 0 Å². The Hall–Kier alpha value is -3.36. The van der Waals surface area contributed by atoms with Gasteiger partial charge in [0.2, 0.25) is 5.43 Å². The summed E-state index contributed by atoms with van der Waals surface area (Å²) in [4.78, 5) is 43.7. The lowest BCUT2D eigenvalue weighted by molar-refractivity contribution is -0.112. The lowest BCUT2D eigenvalue weighted by Gasteiger charge is -2.10. The number of nitrogens with one attached hydrogen (secondary N) is 2. The van der Waals surface area contributed by atoms with E-state index in [1.54, 1.807) is 18.2 Å². The number of hydrogen-bond donors (Lipinski definition) is 3. The van der Waals surface area contributed by atoms with Crippen LogP contribution in [-0.2, 0) is 9.63 Å². The first kappa shape index (κ1) is 16.5. The van der Waals surface area contributed by atoms with E-state index in [1.165, 1.54) is 13.3 Å². The van der Waals surface area contributed by atoms with Gasteiger partial charge in [-0.1, -0.05) is 5.16 Å². The van der Waals surface area contributed by atoms with E-state index in [4.69, 9.17) is 15.3 Å². The van der Waals surface area contributed by atoms with E-state index in [9.17, 15) is 14.4 Å². The van der Waals surface area contributed by atoms with Gasteiger partial charge in [0.15, 0.2) is 6.10 Å². The summed E-state index contributed by atoms with van der Waals surface area (Å²) in [6.45, 7) is 0.0920. The number of oxime groups is 1. The third kappa shape index (κ3) is 3.30. The van der Waals surface area contributed by atoms with E-state index >= 15 is 0 Å². The molecule has 9 nitrogen and oxygen atoms in total. The molecular weight excluding hydrogens is 328 g/mol. The number of aromatic nitrogens is 1. The molecule has 1 unspecified atom stereocenters. The number of pyridine rings is 1. The molecule has 1 aromatic heterocycles. The van der Waals surface area contributed by atoms with Gasteiger partial charge in [-0.25, -0.2) is 0 Å². The first-order chi connectivity index (χ1) is 12.0. The quantitative estimate of drug-likeness (QED) is 0.696. The number of rotatable bonds is 5. The van der Waals surface area contributed by atoms with Crippen molar-refractivity contribution in [3.05, 3.63) is 40.2 Å². The molecule has 1 aliphatic heterocycles. The van der Waals surface area contributed by atoms with E-state index in [2.05, 4.69) is 15.5 Å². The summed E-state index contributed by atoms with van der Waals surface area (Å²) in [5, 5.41) is 6.50. The molecule has 0 spiro atoms. The van der Waals surface area contributed by atoms with Gasteiger partial charge in [0.05, 0.1) is 13.7 Å². The normalized spacial score (nSPS) is 16.2. The molecule has 2 aromatic rings. The topological polar surface area (TPSA) is 136 Å². The van der Waals surface area contributed by atoms with Gasteiger partial charge in [-0.2, -0.15) is 0 Å². The predicted octanol–water partition coefficient (Wildman–Crippen LogP) is -0.103. The molecule has 0 saturated heterocycles. The summed E-state index contributed by atoms with van der Waals surface area (Å²) in [6.07, 6.45) is 1.07. The fourth-order valence-corrected chi connectivity index (χ4v) is 2.48. The number of aromatic amines is 1. The zero-order valence-corrected chi connectivity index (χ0v) is 13.4. The van der Waals surface area contributed by atoms with Crippen molar-refractivity contribution in [3.8, 4) is 5.75 Å². The first-order valence-electron chi connectivity index (χ1n) is 7.49. The molecule has 0 fully saturated rings. The smallest absolute Gasteiger partial charge is 0.266 e. The molecule has 0 radical (unpaired) electrons. The fraction of sp³-hybridized carbons (Fsp3) is 0.250. The number of nitrogens with zero attached hydrogens (tertiary/aromatic N) is 1. The minimum Gasteiger partial charge on any atom is -0.497 e. The highest BCUT2D eigenvalue weighted by Crippen LogP contribution is 2.16. The second-order valence-electron chi connectivity index (χ2n) is 5.49. The number of carbonyl (C=O) groups is 2. The third-order valence-corrected chi connectivity index (χ3v) is 3.84. The van der Waals surface area contributed by atoms with E-state index in [1.807, 2.05) is 0 Å². The Morgan fingerprint density at radius 3 is 2.96 bits per heavy atom. The standard InChI is InChI=1S/C16H16N4O5/c1-24-8-2-3-12-10(4-8)14(21)11(7-18-12)16(23)19-6-9-5-13(15(17)22)20-25-9/h2-4,7,9H,5-6H2,1H3,(H2,17,22)(H,18,21)(H,19,23). The van der Waals surface area contributed by atoms with Gasteiger partial charge in [0.1, 0.15) is 17.0 Å². The van der Waals surface area contributed by atoms with Crippen LogP contribution in [0.25, 0.3) is 10.9 Å². The molecule has 2 amide bonds. The molecule has 0 bridgehead atoms. The Balaban J connectivity index is 1.73. The summed E-state index contributed by atoms with van der Waals surface area (Å²) in [7, 11) is 1.50. The number of ether oxygens (including phenoxy) is 1. The molecule has 1 aromatic carbocycles. The van der Waals surface area contributed by atoms with Gasteiger partial charge in [-0.15, -0.1) is 0 Å². The summed E-state index contributed by atoms with van der Waals surface area (Å²) in [5.41, 5.74) is 5.39. The number of hydrogen-bond acceptors (Lipinski definition) is 6. The van der Waals surface area contributed by atoms with Crippen molar-refractivity contribution in [1.82, 2.24) is 10.3 Å². The number of H-pyrrole nitrogens is 1. The van der Waals surface area contributed by atoms with Crippen molar-refractivity contribution in [1.29, 1.82) is 0 Å². The van der Waals surface area contributed by atoms with Crippen molar-refractivity contribution in [2.75, 3.05) is 13.7 Å². The van der Waals surface area contributed by atoms with Gasteiger partial charge < -0.3 is 25.6 Å². The molecule has 9 heteroatoms. The van der Waals surface area contributed by atoms with Gasteiger partial charge >= 0.3 is 0 Å². The Bertz CT molecular complexity index is 934. The molecule has 0 aliphatic carbocycles. The van der Waals surface area contributed by atoms with Crippen molar-refractivity contribution < 1.29 is 19.2 Å². The number of benzene rings is 1. The second kappa shape index (κ2) is 6.63. The Labute approximate surface area is 141 Å². The van der Waals surface area contributed by atoms with E-state index in [0.717, 1.165) is 0 Å². The number of methoxy groups -OCH3 is 1. The highest BCUT2D eigenvalue weighted by Gasteiger charge is 2.25. The summed E-state index contributed by atoms with van der Waals surface area (Å²) in [6, 6.07) is 4.98. The van der Waals surface area contributed by atoms with Gasteiger partial charge in [0, 0.05) is 23.5 Å².